The highest BCUT2D eigenvalue weighted by atomic mass is 35.5. The third-order valence-corrected chi connectivity index (χ3v) is 10.0. The standard InChI is InChI=1S/C22H25Cl2FO4/c1-11-6-14-18-15(23)8-12-7-13(27)4-5-19(12,2)22(18,25)16(28)9-20(14,3)21(11,24)17(29)10-26/h4-5,7,10-11,14-16,18,28H,6,8-9H2,1-3H3/t11-,14+,15-,16+,18-,19+,20+,21+,22-/m1/s1. The van der Waals surface area contributed by atoms with Crippen LogP contribution in [0.1, 0.15) is 40.0 Å². The summed E-state index contributed by atoms with van der Waals surface area (Å²) in [7, 11) is 0. The zero-order valence-electron chi connectivity index (χ0n) is 16.6. The number of halogens is 3. The molecule has 0 heterocycles. The molecule has 9 atom stereocenters. The van der Waals surface area contributed by atoms with Crippen LogP contribution in [0.3, 0.4) is 0 Å². The average molecular weight is 443 g/mol. The Morgan fingerprint density at radius 1 is 1.38 bits per heavy atom. The van der Waals surface area contributed by atoms with Crippen LogP contribution in [-0.2, 0) is 14.4 Å². The fourth-order valence-corrected chi connectivity index (χ4v) is 7.95. The molecule has 0 bridgehead atoms. The quantitative estimate of drug-likeness (QED) is 0.403. The van der Waals surface area contributed by atoms with Crippen molar-refractivity contribution in [1.29, 1.82) is 0 Å². The summed E-state index contributed by atoms with van der Waals surface area (Å²) in [5.41, 5.74) is -3.69. The van der Waals surface area contributed by atoms with Crippen molar-refractivity contribution < 1.29 is 23.9 Å². The van der Waals surface area contributed by atoms with Crippen LogP contribution < -0.4 is 0 Å². The third kappa shape index (κ3) is 2.27. The minimum absolute atomic E-state index is 0.0631. The van der Waals surface area contributed by atoms with E-state index in [2.05, 4.69) is 0 Å². The number of aliphatic hydroxyl groups excluding tert-OH is 1. The molecule has 0 aromatic carbocycles. The molecule has 0 aliphatic heterocycles. The molecule has 3 saturated carbocycles. The number of hydrogen-bond acceptors (Lipinski definition) is 4. The zero-order valence-corrected chi connectivity index (χ0v) is 18.1. The predicted molar refractivity (Wildman–Crippen MR) is 108 cm³/mol. The number of fused-ring (bicyclic) bond motifs is 5. The number of ketones is 2. The molecule has 0 spiro atoms. The number of carbonyl (C=O) groups is 3. The van der Waals surface area contributed by atoms with E-state index >= 15 is 4.39 Å². The van der Waals surface area contributed by atoms with Crippen molar-refractivity contribution in [3.05, 3.63) is 23.8 Å². The molecule has 29 heavy (non-hydrogen) atoms. The maximum atomic E-state index is 17.0. The second kappa shape index (κ2) is 6.24. The van der Waals surface area contributed by atoms with Gasteiger partial charge in [0.25, 0.3) is 0 Å². The Bertz CT molecular complexity index is 871. The predicted octanol–water partition coefficient (Wildman–Crippen LogP) is 3.57. The summed E-state index contributed by atoms with van der Waals surface area (Å²) in [5, 5.41) is 10.5. The SMILES string of the molecule is C[C@@H]1C[C@H]2[C@@H]3[C@H](Cl)CC4=CC(=O)C=C[C@]4(C)[C@@]3(F)[C@@H](O)C[C@]2(C)[C@@]1(Cl)C(=O)C=O. The smallest absolute Gasteiger partial charge is 0.216 e. The van der Waals surface area contributed by atoms with Gasteiger partial charge in [0.1, 0.15) is 4.87 Å². The van der Waals surface area contributed by atoms with E-state index in [0.717, 1.165) is 0 Å². The van der Waals surface area contributed by atoms with E-state index in [1.165, 1.54) is 12.2 Å². The zero-order chi connectivity index (χ0) is 21.6. The lowest BCUT2D eigenvalue weighted by molar-refractivity contribution is -0.192. The van der Waals surface area contributed by atoms with Gasteiger partial charge < -0.3 is 5.11 Å². The number of allylic oxidation sites excluding steroid dienone is 4. The van der Waals surface area contributed by atoms with E-state index < -0.39 is 44.6 Å². The van der Waals surface area contributed by atoms with Gasteiger partial charge in [-0.25, -0.2) is 4.39 Å². The van der Waals surface area contributed by atoms with Gasteiger partial charge >= 0.3 is 0 Å². The van der Waals surface area contributed by atoms with Crippen molar-refractivity contribution in [3.63, 3.8) is 0 Å². The molecular weight excluding hydrogens is 418 g/mol. The Kier molecular flexibility index (Phi) is 4.56. The molecule has 7 heteroatoms. The average Bonchev–Trinajstić information content (AvgIpc) is 2.85. The van der Waals surface area contributed by atoms with Gasteiger partial charge in [0.2, 0.25) is 5.78 Å². The van der Waals surface area contributed by atoms with E-state index in [1.807, 2.05) is 0 Å². The molecule has 0 amide bonds. The Balaban J connectivity index is 1.89. The van der Waals surface area contributed by atoms with Gasteiger partial charge in [-0.3, -0.25) is 14.4 Å². The lowest BCUT2D eigenvalue weighted by Crippen LogP contribution is -2.70. The largest absolute Gasteiger partial charge is 0.390 e. The van der Waals surface area contributed by atoms with Crippen molar-refractivity contribution >= 4 is 41.1 Å². The summed E-state index contributed by atoms with van der Waals surface area (Å²) < 4.78 is 17.0. The maximum absolute atomic E-state index is 17.0. The molecule has 3 fully saturated rings. The first-order chi connectivity index (χ1) is 13.4. The van der Waals surface area contributed by atoms with E-state index in [-0.39, 0.29) is 30.3 Å². The minimum Gasteiger partial charge on any atom is -0.390 e. The highest BCUT2D eigenvalue weighted by molar-refractivity contribution is 6.47. The fourth-order valence-electron chi connectivity index (χ4n) is 7.07. The van der Waals surface area contributed by atoms with E-state index in [9.17, 15) is 19.5 Å². The second-order valence-electron chi connectivity index (χ2n) is 9.70. The number of Topliss-reactive ketones (excluding diaryl/α,β-unsaturated/α-hetero) is 1. The number of rotatable bonds is 2. The molecule has 4 nitrogen and oxygen atoms in total. The van der Waals surface area contributed by atoms with Crippen molar-refractivity contribution in [2.24, 2.45) is 28.6 Å². The molecule has 4 aliphatic rings. The molecule has 0 aromatic heterocycles. The van der Waals surface area contributed by atoms with Crippen LogP contribution in [0.25, 0.3) is 0 Å². The summed E-state index contributed by atoms with van der Waals surface area (Å²) in [6, 6.07) is 0. The van der Waals surface area contributed by atoms with Gasteiger partial charge in [-0.05, 0) is 50.2 Å². The normalized spacial score (nSPS) is 53.6. The molecule has 4 aliphatic carbocycles. The number of aldehydes is 1. The topological polar surface area (TPSA) is 71.4 Å². The van der Waals surface area contributed by atoms with Crippen LogP contribution in [0.2, 0.25) is 0 Å². The molecule has 158 valence electrons. The van der Waals surface area contributed by atoms with Crippen molar-refractivity contribution in [2.45, 2.75) is 62.1 Å². The Hall–Kier alpha value is -1.04. The van der Waals surface area contributed by atoms with Crippen molar-refractivity contribution in [1.82, 2.24) is 0 Å². The molecule has 0 saturated heterocycles. The van der Waals surface area contributed by atoms with Gasteiger partial charge in [-0.2, -0.15) is 0 Å². The molecule has 0 radical (unpaired) electrons. The molecule has 0 unspecified atom stereocenters. The number of aliphatic hydroxyl groups is 1. The first-order valence-corrected chi connectivity index (χ1v) is 10.8. The second-order valence-corrected chi connectivity index (χ2v) is 10.9. The summed E-state index contributed by atoms with van der Waals surface area (Å²) in [4.78, 5) is 34.4. The van der Waals surface area contributed by atoms with Gasteiger partial charge in [0.15, 0.2) is 17.7 Å². The number of carbonyl (C=O) groups excluding carboxylic acids is 3. The molecule has 0 aromatic rings. The summed E-state index contributed by atoms with van der Waals surface area (Å²) in [6.07, 6.45) is 3.78. The van der Waals surface area contributed by atoms with Crippen LogP contribution in [-0.4, -0.2) is 45.0 Å². The summed E-state index contributed by atoms with van der Waals surface area (Å²) in [6.45, 7) is 5.27. The van der Waals surface area contributed by atoms with Gasteiger partial charge in [-0.15, -0.1) is 23.2 Å². The van der Waals surface area contributed by atoms with Gasteiger partial charge in [0, 0.05) is 22.1 Å². The van der Waals surface area contributed by atoms with Crippen LogP contribution in [0, 0.1) is 28.6 Å². The van der Waals surface area contributed by atoms with E-state index in [1.54, 1.807) is 26.8 Å². The summed E-state index contributed by atoms with van der Waals surface area (Å²) >= 11 is 13.6. The lowest BCUT2D eigenvalue weighted by Gasteiger charge is -2.63. The molecular formula is C22H25Cl2FO4. The first kappa shape index (κ1) is 21.2. The number of alkyl halides is 3. The fraction of sp³-hybridized carbons (Fsp3) is 0.682. The Morgan fingerprint density at radius 2 is 2.03 bits per heavy atom. The summed E-state index contributed by atoms with van der Waals surface area (Å²) in [5.74, 6) is -2.49. The molecule has 4 rings (SSSR count). The van der Waals surface area contributed by atoms with Crippen LogP contribution >= 0.6 is 23.2 Å². The van der Waals surface area contributed by atoms with Gasteiger partial charge in [0.05, 0.1) is 6.10 Å². The van der Waals surface area contributed by atoms with Crippen molar-refractivity contribution in [3.8, 4) is 0 Å². The van der Waals surface area contributed by atoms with E-state index in [0.29, 0.717) is 18.4 Å². The van der Waals surface area contributed by atoms with Gasteiger partial charge in [-0.1, -0.05) is 25.5 Å². The Labute approximate surface area is 179 Å². The molecule has 1 N–H and O–H groups in total. The first-order valence-electron chi connectivity index (χ1n) is 10.0. The number of hydrogen-bond donors (Lipinski definition) is 1. The van der Waals surface area contributed by atoms with Crippen LogP contribution in [0.5, 0.6) is 0 Å². The third-order valence-electron chi connectivity index (χ3n) is 8.59. The van der Waals surface area contributed by atoms with Crippen LogP contribution in [0.4, 0.5) is 4.39 Å². The highest BCUT2D eigenvalue weighted by Crippen LogP contribution is 2.72. The Morgan fingerprint density at radius 3 is 2.66 bits per heavy atom. The highest BCUT2D eigenvalue weighted by Gasteiger charge is 2.76. The monoisotopic (exact) mass is 442 g/mol. The lowest BCUT2D eigenvalue weighted by atomic mass is 9.45. The minimum atomic E-state index is -2.11. The van der Waals surface area contributed by atoms with E-state index in [4.69, 9.17) is 23.2 Å². The maximum Gasteiger partial charge on any atom is 0.216 e. The van der Waals surface area contributed by atoms with Crippen LogP contribution in [0.15, 0.2) is 23.8 Å². The van der Waals surface area contributed by atoms with Crippen molar-refractivity contribution in [2.75, 3.05) is 0 Å².